The van der Waals surface area contributed by atoms with Gasteiger partial charge in [0.25, 0.3) is 5.78 Å². The molecule has 44 heavy (non-hydrogen) atoms. The van der Waals surface area contributed by atoms with Crippen molar-refractivity contribution in [3.63, 3.8) is 0 Å². The first kappa shape index (κ1) is 29.5. The minimum atomic E-state index is -0.979. The molecule has 6 rings (SSSR count). The summed E-state index contributed by atoms with van der Waals surface area (Å²) in [6.45, 7) is 7.43. The fourth-order valence-electron chi connectivity index (χ4n) is 5.66. The number of carbonyl (C=O) groups is 2. The van der Waals surface area contributed by atoms with E-state index < -0.39 is 17.7 Å². The van der Waals surface area contributed by atoms with Crippen molar-refractivity contribution in [1.82, 2.24) is 4.98 Å². The van der Waals surface area contributed by atoms with Crippen LogP contribution >= 0.6 is 11.3 Å². The zero-order chi connectivity index (χ0) is 31.0. The summed E-state index contributed by atoms with van der Waals surface area (Å²) in [6, 6.07) is 13.3. The van der Waals surface area contributed by atoms with E-state index >= 15 is 0 Å². The number of methoxy groups -OCH3 is 1. The van der Waals surface area contributed by atoms with Gasteiger partial charge in [0.05, 0.1) is 35.5 Å². The lowest BCUT2D eigenvalue weighted by Crippen LogP contribution is -2.29. The summed E-state index contributed by atoms with van der Waals surface area (Å²) in [5.41, 5.74) is 3.64. The number of aryl methyl sites for hydroxylation is 2. The first-order valence-electron chi connectivity index (χ1n) is 14.7. The van der Waals surface area contributed by atoms with E-state index in [0.717, 1.165) is 40.6 Å². The van der Waals surface area contributed by atoms with Crippen LogP contribution < -0.4 is 23.8 Å². The smallest absolute Gasteiger partial charge is 0.301 e. The monoisotopic (exact) mass is 614 g/mol. The molecule has 2 aliphatic rings. The Morgan fingerprint density at radius 2 is 1.82 bits per heavy atom. The molecule has 0 spiro atoms. The van der Waals surface area contributed by atoms with Crippen molar-refractivity contribution in [1.29, 1.82) is 0 Å². The molecule has 3 aromatic carbocycles. The second-order valence-corrected chi connectivity index (χ2v) is 11.9. The van der Waals surface area contributed by atoms with Gasteiger partial charge in [-0.15, -0.1) is 0 Å². The number of hydrogen-bond acceptors (Lipinski definition) is 9. The molecule has 0 aliphatic carbocycles. The fraction of sp³-hybridized carbons (Fsp3) is 0.324. The molecule has 0 bridgehead atoms. The van der Waals surface area contributed by atoms with Crippen LogP contribution in [0.2, 0.25) is 0 Å². The van der Waals surface area contributed by atoms with Crippen LogP contribution in [0.3, 0.4) is 0 Å². The molecule has 0 unspecified atom stereocenters. The highest BCUT2D eigenvalue weighted by Crippen LogP contribution is 2.47. The number of Topliss-reactive ketones (excluding diaryl/α,β-unsaturated/α-hetero) is 1. The van der Waals surface area contributed by atoms with Gasteiger partial charge in [-0.1, -0.05) is 43.2 Å². The predicted octanol–water partition coefficient (Wildman–Crippen LogP) is 6.89. The van der Waals surface area contributed by atoms with Crippen molar-refractivity contribution in [3.05, 3.63) is 76.4 Å². The summed E-state index contributed by atoms with van der Waals surface area (Å²) in [6.07, 6.45) is 3.04. The second-order valence-electron chi connectivity index (χ2n) is 10.9. The highest BCUT2D eigenvalue weighted by Gasteiger charge is 2.48. The number of hydrogen-bond donors (Lipinski definition) is 1. The van der Waals surface area contributed by atoms with E-state index in [0.29, 0.717) is 59.1 Å². The van der Waals surface area contributed by atoms with E-state index in [-0.39, 0.29) is 11.3 Å². The van der Waals surface area contributed by atoms with Gasteiger partial charge < -0.3 is 24.1 Å². The maximum Gasteiger partial charge on any atom is 0.301 e. The summed E-state index contributed by atoms with van der Waals surface area (Å²) in [5, 5.41) is 12.0. The van der Waals surface area contributed by atoms with Gasteiger partial charge in [0.15, 0.2) is 28.1 Å². The van der Waals surface area contributed by atoms with Crippen LogP contribution in [0, 0.1) is 13.8 Å². The van der Waals surface area contributed by atoms with Crippen LogP contribution in [0.4, 0.5) is 5.13 Å². The Hall–Kier alpha value is -4.57. The third kappa shape index (κ3) is 5.34. The molecule has 0 radical (unpaired) electrons. The van der Waals surface area contributed by atoms with Gasteiger partial charge in [-0.2, -0.15) is 0 Å². The largest absolute Gasteiger partial charge is 0.507 e. The molecule has 1 amide bonds. The van der Waals surface area contributed by atoms with Crippen LogP contribution in [-0.2, 0) is 9.59 Å². The molecule has 0 saturated carbocycles. The van der Waals surface area contributed by atoms with E-state index in [2.05, 4.69) is 6.92 Å². The van der Waals surface area contributed by atoms with Gasteiger partial charge in [0, 0.05) is 5.56 Å². The SMILES string of the molecule is CCCCCOc1ccc([C@H]2/C(=C(\O)c3ccc4c(c3)OCCO4)C(=O)C(=O)N2c2nc3c(C)cc(C)cc3s2)cc1OC. The van der Waals surface area contributed by atoms with Gasteiger partial charge in [-0.3, -0.25) is 14.5 Å². The molecule has 2 aliphatic heterocycles. The van der Waals surface area contributed by atoms with E-state index in [1.165, 1.54) is 16.2 Å². The van der Waals surface area contributed by atoms with Crippen molar-refractivity contribution >= 4 is 44.1 Å². The number of unbranched alkanes of at least 4 members (excludes halogenated alkanes) is 2. The van der Waals surface area contributed by atoms with Crippen LogP contribution in [-0.4, -0.2) is 48.7 Å². The van der Waals surface area contributed by atoms with E-state index in [1.54, 1.807) is 43.5 Å². The lowest BCUT2D eigenvalue weighted by Gasteiger charge is -2.24. The number of fused-ring (bicyclic) bond motifs is 2. The topological polar surface area (TPSA) is 107 Å². The molecule has 10 heteroatoms. The van der Waals surface area contributed by atoms with Crippen molar-refractivity contribution in [2.75, 3.05) is 31.8 Å². The van der Waals surface area contributed by atoms with Gasteiger partial charge in [0.1, 0.15) is 19.0 Å². The van der Waals surface area contributed by atoms with Crippen molar-refractivity contribution < 1.29 is 33.6 Å². The molecule has 228 valence electrons. The number of nitrogens with zero attached hydrogens (tertiary/aromatic N) is 2. The lowest BCUT2D eigenvalue weighted by atomic mass is 9.95. The van der Waals surface area contributed by atoms with E-state index in [9.17, 15) is 14.7 Å². The third-order valence-corrected chi connectivity index (χ3v) is 8.80. The predicted molar refractivity (Wildman–Crippen MR) is 169 cm³/mol. The molecule has 1 atom stereocenters. The molecule has 4 aromatic rings. The molecule has 9 nitrogen and oxygen atoms in total. The maximum absolute atomic E-state index is 13.8. The normalized spacial score (nSPS) is 17.4. The van der Waals surface area contributed by atoms with Crippen LogP contribution in [0.15, 0.2) is 54.1 Å². The number of thiazole rings is 1. The van der Waals surface area contributed by atoms with E-state index in [4.69, 9.17) is 23.9 Å². The number of amides is 1. The first-order chi connectivity index (χ1) is 21.3. The Bertz CT molecular complexity index is 1790. The molecular weight excluding hydrogens is 580 g/mol. The number of rotatable bonds is 9. The van der Waals surface area contributed by atoms with Crippen LogP contribution in [0.1, 0.15) is 54.5 Å². The zero-order valence-electron chi connectivity index (χ0n) is 25.1. The summed E-state index contributed by atoms with van der Waals surface area (Å²) < 4.78 is 23.9. The van der Waals surface area contributed by atoms with Crippen LogP contribution in [0.25, 0.3) is 16.0 Å². The van der Waals surface area contributed by atoms with Crippen LogP contribution in [0.5, 0.6) is 23.0 Å². The first-order valence-corrected chi connectivity index (χ1v) is 15.5. The number of aromatic nitrogens is 1. The summed E-state index contributed by atoms with van der Waals surface area (Å²) in [5.74, 6) is 0.107. The van der Waals surface area contributed by atoms with Gasteiger partial charge in [-0.05, 0) is 73.4 Å². The summed E-state index contributed by atoms with van der Waals surface area (Å²) in [4.78, 5) is 33.8. The average molecular weight is 615 g/mol. The fourth-order valence-corrected chi connectivity index (χ4v) is 6.83. The minimum absolute atomic E-state index is 0.0579. The highest BCUT2D eigenvalue weighted by molar-refractivity contribution is 7.22. The maximum atomic E-state index is 13.8. The number of aliphatic hydroxyl groups is 1. The molecular formula is C34H34N2O7S. The average Bonchev–Trinajstić information content (AvgIpc) is 3.56. The van der Waals surface area contributed by atoms with Crippen molar-refractivity contribution in [2.45, 2.75) is 46.1 Å². The number of anilines is 1. The Labute approximate surface area is 259 Å². The third-order valence-electron chi connectivity index (χ3n) is 7.79. The highest BCUT2D eigenvalue weighted by atomic mass is 32.1. The van der Waals surface area contributed by atoms with E-state index in [1.807, 2.05) is 26.0 Å². The minimum Gasteiger partial charge on any atom is -0.507 e. The molecule has 1 saturated heterocycles. The molecule has 1 fully saturated rings. The Morgan fingerprint density at radius 3 is 2.59 bits per heavy atom. The number of ether oxygens (including phenoxy) is 4. The molecule has 1 N–H and O–H groups in total. The van der Waals surface area contributed by atoms with Crippen molar-refractivity contribution in [3.8, 4) is 23.0 Å². The van der Waals surface area contributed by atoms with Crippen molar-refractivity contribution in [2.24, 2.45) is 0 Å². The number of ketones is 1. The Morgan fingerprint density at radius 1 is 1.02 bits per heavy atom. The summed E-state index contributed by atoms with van der Waals surface area (Å²) >= 11 is 1.33. The summed E-state index contributed by atoms with van der Waals surface area (Å²) in [7, 11) is 1.54. The van der Waals surface area contributed by atoms with Gasteiger partial charge >= 0.3 is 5.91 Å². The Balaban J connectivity index is 1.50. The number of benzene rings is 3. The zero-order valence-corrected chi connectivity index (χ0v) is 26.0. The van der Waals surface area contributed by atoms with Gasteiger partial charge in [0.2, 0.25) is 0 Å². The Kier molecular flexibility index (Phi) is 8.18. The number of carbonyl (C=O) groups excluding carboxylic acids is 2. The molecule has 3 heterocycles. The lowest BCUT2D eigenvalue weighted by molar-refractivity contribution is -0.132. The standard InChI is InChI=1S/C34H34N2O7S/c1-5-6-7-12-41-23-10-8-21(17-25(23)40-4)30-28(31(37)22-9-11-24-26(18-22)43-14-13-42-24)32(38)33(39)36(30)34-35-29-20(3)15-19(2)16-27(29)44-34/h8-11,15-18,30,37H,5-7,12-14H2,1-4H3/b31-28+/t30-/m0/s1. The quantitative estimate of drug-likeness (QED) is 0.0940. The molecule has 1 aromatic heterocycles. The van der Waals surface area contributed by atoms with Gasteiger partial charge in [-0.25, -0.2) is 4.98 Å². The second kappa shape index (κ2) is 12.2. The number of aliphatic hydroxyl groups excluding tert-OH is 1.